The minimum Gasteiger partial charge on any atom is -0.422 e. The number of para-hydroxylation sites is 1. The molecule has 4 nitrogen and oxygen atoms in total. The molecular formula is C19H14N2O2S. The zero-order valence-corrected chi connectivity index (χ0v) is 13.8. The molecule has 0 aliphatic heterocycles. The number of rotatable bonds is 2. The summed E-state index contributed by atoms with van der Waals surface area (Å²) in [6.07, 6.45) is 1.83. The molecule has 0 fully saturated rings. The Morgan fingerprint density at radius 3 is 2.62 bits per heavy atom. The number of aryl methyl sites for hydroxylation is 1. The zero-order valence-electron chi connectivity index (χ0n) is 12.9. The smallest absolute Gasteiger partial charge is 0.345 e. The molecule has 0 bridgehead atoms. The van der Waals surface area contributed by atoms with Gasteiger partial charge in [0.05, 0.1) is 11.3 Å². The van der Waals surface area contributed by atoms with Gasteiger partial charge in [-0.05, 0) is 43.4 Å². The minimum atomic E-state index is -0.388. The van der Waals surface area contributed by atoms with Gasteiger partial charge >= 0.3 is 5.63 Å². The Labute approximate surface area is 143 Å². The van der Waals surface area contributed by atoms with E-state index in [-0.39, 0.29) is 5.63 Å². The highest BCUT2D eigenvalue weighted by atomic mass is 32.1. The SMILES string of the molecule is Cc1ccc(-n2cc(-c3cc4ccccc4oc3=O)[nH]c2=S)cc1. The van der Waals surface area contributed by atoms with Crippen LogP contribution >= 0.6 is 12.2 Å². The summed E-state index contributed by atoms with van der Waals surface area (Å²) in [5.41, 5.74) is 3.41. The van der Waals surface area contributed by atoms with Gasteiger partial charge in [-0.25, -0.2) is 4.79 Å². The van der Waals surface area contributed by atoms with Gasteiger partial charge in [0.25, 0.3) is 0 Å². The molecule has 0 saturated heterocycles. The lowest BCUT2D eigenvalue weighted by Gasteiger charge is -2.02. The normalized spacial score (nSPS) is 11.0. The predicted molar refractivity (Wildman–Crippen MR) is 97.2 cm³/mol. The summed E-state index contributed by atoms with van der Waals surface area (Å²) < 4.78 is 7.77. The Morgan fingerprint density at radius 1 is 1.08 bits per heavy atom. The van der Waals surface area contributed by atoms with Crippen LogP contribution in [0, 0.1) is 11.7 Å². The molecule has 1 N–H and O–H groups in total. The molecule has 0 radical (unpaired) electrons. The van der Waals surface area contributed by atoms with Crippen molar-refractivity contribution in [3.63, 3.8) is 0 Å². The van der Waals surface area contributed by atoms with Crippen LogP contribution in [0.3, 0.4) is 0 Å². The van der Waals surface area contributed by atoms with Crippen LogP contribution in [0.1, 0.15) is 5.56 Å². The highest BCUT2D eigenvalue weighted by molar-refractivity contribution is 7.71. The van der Waals surface area contributed by atoms with Gasteiger partial charge in [0.2, 0.25) is 0 Å². The maximum Gasteiger partial charge on any atom is 0.345 e. The number of aromatic amines is 1. The number of nitrogens with one attached hydrogen (secondary N) is 1. The van der Waals surface area contributed by atoms with Crippen LogP contribution in [-0.4, -0.2) is 9.55 Å². The second-order valence-electron chi connectivity index (χ2n) is 5.66. The molecule has 0 aliphatic carbocycles. The molecular weight excluding hydrogens is 320 g/mol. The van der Waals surface area contributed by atoms with Crippen molar-refractivity contribution < 1.29 is 4.42 Å². The summed E-state index contributed by atoms with van der Waals surface area (Å²) in [6, 6.07) is 17.3. The molecule has 0 spiro atoms. The van der Waals surface area contributed by atoms with Gasteiger partial charge in [0.15, 0.2) is 4.77 Å². The number of benzene rings is 2. The molecule has 4 rings (SSSR count). The van der Waals surface area contributed by atoms with E-state index in [1.807, 2.05) is 66.2 Å². The van der Waals surface area contributed by atoms with Crippen LogP contribution in [0.2, 0.25) is 0 Å². The predicted octanol–water partition coefficient (Wildman–Crippen LogP) is 4.62. The lowest BCUT2D eigenvalue weighted by molar-refractivity contribution is 0.563. The maximum absolute atomic E-state index is 12.3. The summed E-state index contributed by atoms with van der Waals surface area (Å²) >= 11 is 5.40. The van der Waals surface area contributed by atoms with Gasteiger partial charge in [0, 0.05) is 17.3 Å². The Bertz CT molecular complexity index is 1150. The number of hydrogen-bond donors (Lipinski definition) is 1. The summed E-state index contributed by atoms with van der Waals surface area (Å²) in [4.78, 5) is 15.4. The third-order valence-corrected chi connectivity index (χ3v) is 4.26. The van der Waals surface area contributed by atoms with Crippen LogP contribution in [0.5, 0.6) is 0 Å². The third-order valence-electron chi connectivity index (χ3n) is 3.96. The van der Waals surface area contributed by atoms with Crippen molar-refractivity contribution in [1.29, 1.82) is 0 Å². The molecule has 0 saturated carbocycles. The molecule has 0 unspecified atom stereocenters. The molecule has 2 aromatic heterocycles. The molecule has 118 valence electrons. The summed E-state index contributed by atoms with van der Waals surface area (Å²) in [7, 11) is 0. The Balaban J connectivity index is 1.88. The summed E-state index contributed by atoms with van der Waals surface area (Å²) in [5, 5.41) is 0.870. The quantitative estimate of drug-likeness (QED) is 0.430. The number of nitrogens with zero attached hydrogens (tertiary/aromatic N) is 1. The number of fused-ring (bicyclic) bond motifs is 1. The van der Waals surface area contributed by atoms with Crippen LogP contribution in [-0.2, 0) is 0 Å². The highest BCUT2D eigenvalue weighted by Gasteiger charge is 2.11. The second-order valence-corrected chi connectivity index (χ2v) is 6.05. The van der Waals surface area contributed by atoms with Gasteiger partial charge < -0.3 is 9.40 Å². The first-order valence-electron chi connectivity index (χ1n) is 7.54. The standard InChI is InChI=1S/C19H14N2O2S/c1-12-6-8-14(9-7-12)21-11-16(20-19(21)24)15-10-13-4-2-3-5-17(13)23-18(15)22/h2-11H,1H3,(H,20,24). The van der Waals surface area contributed by atoms with Crippen molar-refractivity contribution in [3.8, 4) is 16.9 Å². The van der Waals surface area contributed by atoms with Crippen LogP contribution < -0.4 is 5.63 Å². The fourth-order valence-electron chi connectivity index (χ4n) is 2.68. The first-order chi connectivity index (χ1) is 11.6. The number of hydrogen-bond acceptors (Lipinski definition) is 3. The maximum atomic E-state index is 12.3. The monoisotopic (exact) mass is 334 g/mol. The number of H-pyrrole nitrogens is 1. The van der Waals surface area contributed by atoms with Crippen molar-refractivity contribution in [2.75, 3.05) is 0 Å². The first-order valence-corrected chi connectivity index (χ1v) is 7.94. The first kappa shape index (κ1) is 14.7. The topological polar surface area (TPSA) is 50.9 Å². The Morgan fingerprint density at radius 2 is 1.83 bits per heavy atom. The molecule has 24 heavy (non-hydrogen) atoms. The molecule has 2 aromatic carbocycles. The minimum absolute atomic E-state index is 0.388. The highest BCUT2D eigenvalue weighted by Crippen LogP contribution is 2.21. The van der Waals surface area contributed by atoms with Gasteiger partial charge in [-0.15, -0.1) is 0 Å². The van der Waals surface area contributed by atoms with E-state index >= 15 is 0 Å². The lowest BCUT2D eigenvalue weighted by Crippen LogP contribution is -2.02. The van der Waals surface area contributed by atoms with Crippen LogP contribution in [0.25, 0.3) is 27.9 Å². The van der Waals surface area contributed by atoms with Crippen molar-refractivity contribution >= 4 is 23.2 Å². The van der Waals surface area contributed by atoms with E-state index in [1.54, 1.807) is 6.07 Å². The lowest BCUT2D eigenvalue weighted by atomic mass is 10.1. The number of aromatic nitrogens is 2. The van der Waals surface area contributed by atoms with Crippen LogP contribution in [0.15, 0.2) is 70.0 Å². The molecule has 0 aliphatic rings. The summed E-state index contributed by atoms with van der Waals surface area (Å²) in [6.45, 7) is 2.03. The van der Waals surface area contributed by atoms with E-state index in [0.29, 0.717) is 21.6 Å². The van der Waals surface area contributed by atoms with E-state index in [0.717, 1.165) is 11.1 Å². The largest absolute Gasteiger partial charge is 0.422 e. The average Bonchev–Trinajstić information content (AvgIpc) is 2.96. The van der Waals surface area contributed by atoms with Crippen molar-refractivity contribution in [2.24, 2.45) is 0 Å². The van der Waals surface area contributed by atoms with E-state index < -0.39 is 0 Å². The van der Waals surface area contributed by atoms with Crippen LogP contribution in [0.4, 0.5) is 0 Å². The molecule has 0 amide bonds. The van der Waals surface area contributed by atoms with Crippen molar-refractivity contribution in [1.82, 2.24) is 9.55 Å². The molecule has 2 heterocycles. The average molecular weight is 334 g/mol. The Kier molecular flexibility index (Phi) is 3.43. The van der Waals surface area contributed by atoms with Gasteiger partial charge in [-0.2, -0.15) is 0 Å². The summed E-state index contributed by atoms with van der Waals surface area (Å²) in [5.74, 6) is 0. The van der Waals surface area contributed by atoms with Crippen molar-refractivity contribution in [3.05, 3.63) is 81.5 Å². The zero-order chi connectivity index (χ0) is 16.7. The van der Waals surface area contributed by atoms with E-state index in [4.69, 9.17) is 16.6 Å². The number of imidazole rings is 1. The molecule has 5 heteroatoms. The van der Waals surface area contributed by atoms with Gasteiger partial charge in [0.1, 0.15) is 5.58 Å². The van der Waals surface area contributed by atoms with E-state index in [9.17, 15) is 4.79 Å². The molecule has 0 atom stereocenters. The van der Waals surface area contributed by atoms with E-state index in [1.165, 1.54) is 5.56 Å². The Hall–Kier alpha value is -2.92. The molecule has 4 aromatic rings. The van der Waals surface area contributed by atoms with E-state index in [2.05, 4.69) is 4.98 Å². The van der Waals surface area contributed by atoms with Gasteiger partial charge in [-0.1, -0.05) is 35.9 Å². The third kappa shape index (κ3) is 2.49. The fraction of sp³-hybridized carbons (Fsp3) is 0.0526. The van der Waals surface area contributed by atoms with Gasteiger partial charge in [-0.3, -0.25) is 4.57 Å². The van der Waals surface area contributed by atoms with Crippen molar-refractivity contribution in [2.45, 2.75) is 6.92 Å². The second kappa shape index (κ2) is 5.62. The fourth-order valence-corrected chi connectivity index (χ4v) is 2.95.